The minimum absolute atomic E-state index is 0.300. The highest BCUT2D eigenvalue weighted by Gasteiger charge is 2.13. The third-order valence-corrected chi connectivity index (χ3v) is 2.79. The summed E-state index contributed by atoms with van der Waals surface area (Å²) in [6.07, 6.45) is 4.69. The van der Waals surface area contributed by atoms with Gasteiger partial charge in [0.25, 0.3) is 0 Å². The van der Waals surface area contributed by atoms with E-state index in [0.29, 0.717) is 4.88 Å². The molecule has 2 aromatic heterocycles. The van der Waals surface area contributed by atoms with Crippen LogP contribution in [0.4, 0.5) is 0 Å². The summed E-state index contributed by atoms with van der Waals surface area (Å²) in [6.45, 7) is 1.80. The quantitative estimate of drug-likeness (QED) is 0.748. The summed E-state index contributed by atoms with van der Waals surface area (Å²) in [4.78, 5) is 16.1. The van der Waals surface area contributed by atoms with Crippen LogP contribution in [0.25, 0.3) is 0 Å². The number of hydrogen-bond acceptors (Lipinski definition) is 4. The maximum atomic E-state index is 11.6. The van der Waals surface area contributed by atoms with Crippen LogP contribution in [0.5, 0.6) is 0 Å². The van der Waals surface area contributed by atoms with Crippen molar-refractivity contribution in [1.29, 1.82) is 0 Å². The molecule has 0 saturated heterocycles. The number of imidazole rings is 1. The number of esters is 1. The first-order chi connectivity index (χ1) is 7.27. The van der Waals surface area contributed by atoms with Gasteiger partial charge in [0.1, 0.15) is 4.88 Å². The Bertz CT molecular complexity index is 422. The van der Waals surface area contributed by atoms with Gasteiger partial charge in [-0.2, -0.15) is 0 Å². The fraction of sp³-hybridized carbons (Fsp3) is 0.200. The van der Waals surface area contributed by atoms with E-state index in [2.05, 4.69) is 4.98 Å². The molecule has 0 saturated carbocycles. The molecule has 0 N–H and O–H groups in total. The Kier molecular flexibility index (Phi) is 2.82. The smallest absolute Gasteiger partial charge is 0.350 e. The first-order valence-electron chi connectivity index (χ1n) is 4.49. The number of hydrogen-bond donors (Lipinski definition) is 0. The summed E-state index contributed by atoms with van der Waals surface area (Å²) < 4.78 is 6.96. The molecule has 78 valence electrons. The molecule has 15 heavy (non-hydrogen) atoms. The fourth-order valence-corrected chi connectivity index (χ4v) is 1.76. The molecule has 0 spiro atoms. The number of carbonyl (C=O) groups excluding carboxylic acids is 1. The van der Waals surface area contributed by atoms with Crippen LogP contribution < -0.4 is 0 Å². The van der Waals surface area contributed by atoms with Gasteiger partial charge in [-0.1, -0.05) is 6.07 Å². The number of nitrogens with zero attached hydrogens (tertiary/aromatic N) is 2. The molecular weight excluding hydrogens is 212 g/mol. The zero-order valence-corrected chi connectivity index (χ0v) is 8.98. The minimum Gasteiger partial charge on any atom is -0.437 e. The second-order valence-corrected chi connectivity index (χ2v) is 3.94. The van der Waals surface area contributed by atoms with Crippen molar-refractivity contribution in [3.05, 3.63) is 41.1 Å². The van der Waals surface area contributed by atoms with Crippen molar-refractivity contribution in [3.8, 4) is 0 Å². The molecule has 0 amide bonds. The lowest BCUT2D eigenvalue weighted by atomic mass is 10.5. The second-order valence-electron chi connectivity index (χ2n) is 2.99. The summed E-state index contributed by atoms with van der Waals surface area (Å²) in [5.74, 6) is -0.300. The summed E-state index contributed by atoms with van der Waals surface area (Å²) in [5, 5.41) is 1.85. The van der Waals surface area contributed by atoms with E-state index in [9.17, 15) is 4.79 Å². The lowest BCUT2D eigenvalue weighted by molar-refractivity contribution is 0.0163. The summed E-state index contributed by atoms with van der Waals surface area (Å²) in [6, 6.07) is 3.57. The monoisotopic (exact) mass is 222 g/mol. The number of aromatic nitrogens is 2. The van der Waals surface area contributed by atoms with Crippen molar-refractivity contribution in [2.75, 3.05) is 0 Å². The lowest BCUT2D eigenvalue weighted by Gasteiger charge is -2.13. The average Bonchev–Trinajstić information content (AvgIpc) is 2.91. The van der Waals surface area contributed by atoms with E-state index in [1.165, 1.54) is 11.3 Å². The molecule has 0 aliphatic carbocycles. The molecule has 2 aromatic rings. The van der Waals surface area contributed by atoms with Gasteiger partial charge < -0.3 is 9.30 Å². The Hall–Kier alpha value is -1.62. The molecule has 4 nitrogen and oxygen atoms in total. The van der Waals surface area contributed by atoms with Gasteiger partial charge in [0.15, 0.2) is 6.23 Å². The predicted octanol–water partition coefficient (Wildman–Crippen LogP) is 2.32. The molecule has 2 heterocycles. The van der Waals surface area contributed by atoms with E-state index in [-0.39, 0.29) is 12.2 Å². The largest absolute Gasteiger partial charge is 0.437 e. The van der Waals surface area contributed by atoms with Crippen molar-refractivity contribution in [2.45, 2.75) is 13.2 Å². The third kappa shape index (κ3) is 2.24. The van der Waals surface area contributed by atoms with Crippen LogP contribution in [0.3, 0.4) is 0 Å². The Morgan fingerprint density at radius 2 is 2.53 bits per heavy atom. The van der Waals surface area contributed by atoms with Crippen LogP contribution in [0.15, 0.2) is 36.2 Å². The maximum absolute atomic E-state index is 11.6. The Morgan fingerprint density at radius 1 is 1.67 bits per heavy atom. The molecule has 0 aliphatic heterocycles. The van der Waals surface area contributed by atoms with Crippen molar-refractivity contribution >= 4 is 17.3 Å². The van der Waals surface area contributed by atoms with Crippen molar-refractivity contribution < 1.29 is 9.53 Å². The number of ether oxygens (including phenoxy) is 1. The minimum atomic E-state index is -0.331. The summed E-state index contributed by atoms with van der Waals surface area (Å²) in [7, 11) is 0. The van der Waals surface area contributed by atoms with Gasteiger partial charge in [-0.15, -0.1) is 11.3 Å². The number of rotatable bonds is 3. The van der Waals surface area contributed by atoms with Crippen LogP contribution in [0, 0.1) is 0 Å². The van der Waals surface area contributed by atoms with Crippen molar-refractivity contribution in [1.82, 2.24) is 9.55 Å². The zero-order valence-electron chi connectivity index (χ0n) is 8.16. The SMILES string of the molecule is CC(OC(=O)c1cccs1)n1ccnc1. The summed E-state index contributed by atoms with van der Waals surface area (Å²) in [5.41, 5.74) is 0. The first-order valence-corrected chi connectivity index (χ1v) is 5.37. The van der Waals surface area contributed by atoms with E-state index in [4.69, 9.17) is 4.74 Å². The zero-order chi connectivity index (χ0) is 10.7. The van der Waals surface area contributed by atoms with Gasteiger partial charge in [0.05, 0.1) is 6.33 Å². The van der Waals surface area contributed by atoms with Crippen LogP contribution in [-0.4, -0.2) is 15.5 Å². The van der Waals surface area contributed by atoms with Crippen LogP contribution in [0.2, 0.25) is 0 Å². The van der Waals surface area contributed by atoms with Gasteiger partial charge in [-0.3, -0.25) is 0 Å². The highest BCUT2D eigenvalue weighted by atomic mass is 32.1. The van der Waals surface area contributed by atoms with E-state index >= 15 is 0 Å². The van der Waals surface area contributed by atoms with Crippen LogP contribution in [0.1, 0.15) is 22.8 Å². The van der Waals surface area contributed by atoms with E-state index in [1.54, 1.807) is 36.3 Å². The number of thiophene rings is 1. The Morgan fingerprint density at radius 3 is 3.13 bits per heavy atom. The average molecular weight is 222 g/mol. The van der Waals surface area contributed by atoms with Gasteiger partial charge >= 0.3 is 5.97 Å². The predicted molar refractivity (Wildman–Crippen MR) is 56.7 cm³/mol. The molecule has 5 heteroatoms. The van der Waals surface area contributed by atoms with Crippen molar-refractivity contribution in [3.63, 3.8) is 0 Å². The normalized spacial score (nSPS) is 12.3. The maximum Gasteiger partial charge on any atom is 0.350 e. The Labute approximate surface area is 91.1 Å². The van der Waals surface area contributed by atoms with Crippen molar-refractivity contribution in [2.24, 2.45) is 0 Å². The highest BCUT2D eigenvalue weighted by Crippen LogP contribution is 2.14. The lowest BCUT2D eigenvalue weighted by Crippen LogP contribution is -2.12. The molecule has 1 atom stereocenters. The molecule has 0 fully saturated rings. The Balaban J connectivity index is 2.01. The third-order valence-electron chi connectivity index (χ3n) is 1.94. The van der Waals surface area contributed by atoms with Gasteiger partial charge in [-0.05, 0) is 18.4 Å². The molecule has 0 aliphatic rings. The van der Waals surface area contributed by atoms with Gasteiger partial charge in [0.2, 0.25) is 0 Å². The van der Waals surface area contributed by atoms with E-state index < -0.39 is 0 Å². The standard InChI is InChI=1S/C10H10N2O2S/c1-8(12-5-4-11-7-12)14-10(13)9-3-2-6-15-9/h2-8H,1H3. The second kappa shape index (κ2) is 4.27. The van der Waals surface area contributed by atoms with E-state index in [1.807, 2.05) is 11.4 Å². The number of carbonyl (C=O) groups is 1. The molecule has 2 rings (SSSR count). The van der Waals surface area contributed by atoms with Crippen LogP contribution in [-0.2, 0) is 4.74 Å². The van der Waals surface area contributed by atoms with E-state index in [0.717, 1.165) is 0 Å². The highest BCUT2D eigenvalue weighted by molar-refractivity contribution is 7.11. The fourth-order valence-electron chi connectivity index (χ4n) is 1.15. The molecule has 1 unspecified atom stereocenters. The topological polar surface area (TPSA) is 44.1 Å². The van der Waals surface area contributed by atoms with Crippen LogP contribution >= 0.6 is 11.3 Å². The molecule has 0 aromatic carbocycles. The molecule has 0 radical (unpaired) electrons. The van der Waals surface area contributed by atoms with Gasteiger partial charge in [0, 0.05) is 12.4 Å². The summed E-state index contributed by atoms with van der Waals surface area (Å²) >= 11 is 1.37. The molecular formula is C10H10N2O2S. The molecule has 0 bridgehead atoms. The first kappa shape index (κ1) is 9.92. The van der Waals surface area contributed by atoms with Gasteiger partial charge in [-0.25, -0.2) is 9.78 Å².